The highest BCUT2D eigenvalue weighted by Gasteiger charge is 2.33. The van der Waals surface area contributed by atoms with Crippen molar-refractivity contribution in [1.82, 2.24) is 4.90 Å². The van der Waals surface area contributed by atoms with Crippen LogP contribution in [0.15, 0.2) is 12.7 Å². The van der Waals surface area contributed by atoms with E-state index in [1.165, 1.54) is 0 Å². The minimum atomic E-state index is -0.498. The number of carbonyl (C=O) groups is 1. The van der Waals surface area contributed by atoms with Crippen LogP contribution in [-0.4, -0.2) is 29.4 Å². The lowest BCUT2D eigenvalue weighted by Crippen LogP contribution is -2.45. The minimum Gasteiger partial charge on any atom is -0.337 e. The maximum Gasteiger partial charge on any atom is 0.240 e. The Morgan fingerprint density at radius 2 is 2.40 bits per heavy atom. The Bertz CT molecular complexity index is 278. The van der Waals surface area contributed by atoms with Gasteiger partial charge in [0.1, 0.15) is 0 Å². The van der Waals surface area contributed by atoms with Crippen molar-refractivity contribution < 1.29 is 4.79 Å². The molecule has 0 aliphatic heterocycles. The number of hydrogen-bond donors (Lipinski definition) is 1. The van der Waals surface area contributed by atoms with Gasteiger partial charge in [0.2, 0.25) is 5.91 Å². The molecular formula is C11H17N3O. The maximum absolute atomic E-state index is 11.9. The van der Waals surface area contributed by atoms with Gasteiger partial charge in [-0.05, 0) is 19.3 Å². The van der Waals surface area contributed by atoms with Crippen molar-refractivity contribution >= 4 is 5.91 Å². The van der Waals surface area contributed by atoms with Gasteiger partial charge in [-0.1, -0.05) is 6.08 Å². The molecule has 1 saturated carbocycles. The molecule has 15 heavy (non-hydrogen) atoms. The maximum atomic E-state index is 11.9. The number of hydrogen-bond acceptors (Lipinski definition) is 3. The number of nitrogens with zero attached hydrogens (tertiary/aromatic N) is 2. The second-order valence-electron chi connectivity index (χ2n) is 3.80. The molecule has 0 radical (unpaired) electrons. The van der Waals surface area contributed by atoms with Crippen molar-refractivity contribution in [2.24, 2.45) is 5.73 Å². The molecular weight excluding hydrogens is 190 g/mol. The highest BCUT2D eigenvalue weighted by atomic mass is 16.2. The van der Waals surface area contributed by atoms with Crippen LogP contribution in [-0.2, 0) is 4.79 Å². The fourth-order valence-corrected chi connectivity index (χ4v) is 1.52. The second kappa shape index (κ2) is 5.52. The summed E-state index contributed by atoms with van der Waals surface area (Å²) < 4.78 is 0. The number of amides is 1. The summed E-state index contributed by atoms with van der Waals surface area (Å²) in [5, 5.41) is 8.51. The largest absolute Gasteiger partial charge is 0.337 e. The molecule has 0 aromatic heterocycles. The number of carbonyl (C=O) groups excluding carboxylic acids is 1. The Morgan fingerprint density at radius 3 is 2.87 bits per heavy atom. The number of nitriles is 1. The molecule has 0 bridgehead atoms. The third-order valence-corrected chi connectivity index (χ3v) is 2.47. The van der Waals surface area contributed by atoms with Gasteiger partial charge in [-0.3, -0.25) is 4.79 Å². The molecule has 1 unspecified atom stereocenters. The van der Waals surface area contributed by atoms with Gasteiger partial charge >= 0.3 is 0 Å². The molecule has 1 aliphatic carbocycles. The topological polar surface area (TPSA) is 70.1 Å². The van der Waals surface area contributed by atoms with E-state index < -0.39 is 6.04 Å². The van der Waals surface area contributed by atoms with Crippen LogP contribution in [0, 0.1) is 11.3 Å². The predicted molar refractivity (Wildman–Crippen MR) is 57.8 cm³/mol. The van der Waals surface area contributed by atoms with Crippen LogP contribution in [0.1, 0.15) is 25.7 Å². The van der Waals surface area contributed by atoms with E-state index in [0.29, 0.717) is 25.4 Å². The molecule has 0 aromatic rings. The molecule has 4 nitrogen and oxygen atoms in total. The van der Waals surface area contributed by atoms with Gasteiger partial charge in [-0.2, -0.15) is 5.26 Å². The molecule has 0 heterocycles. The summed E-state index contributed by atoms with van der Waals surface area (Å²) in [7, 11) is 0. The molecule has 0 spiro atoms. The Labute approximate surface area is 90.3 Å². The van der Waals surface area contributed by atoms with E-state index in [0.717, 1.165) is 12.8 Å². The number of rotatable bonds is 6. The lowest BCUT2D eigenvalue weighted by atomic mass is 10.2. The lowest BCUT2D eigenvalue weighted by Gasteiger charge is -2.24. The zero-order valence-electron chi connectivity index (χ0n) is 8.85. The standard InChI is InChI=1S/C11H17N3O/c1-2-4-10(13)11(15)14(8-3-7-12)9-5-6-9/h2,9-10H,1,3-6,8,13H2. The van der Waals surface area contributed by atoms with Crippen LogP contribution in [0.25, 0.3) is 0 Å². The zero-order chi connectivity index (χ0) is 11.3. The first-order valence-corrected chi connectivity index (χ1v) is 5.24. The van der Waals surface area contributed by atoms with E-state index in [-0.39, 0.29) is 5.91 Å². The van der Waals surface area contributed by atoms with Gasteiger partial charge in [0.05, 0.1) is 18.5 Å². The molecule has 1 amide bonds. The molecule has 82 valence electrons. The first-order chi connectivity index (χ1) is 7.20. The molecule has 1 aliphatic rings. The highest BCUT2D eigenvalue weighted by molar-refractivity contribution is 5.82. The average molecular weight is 207 g/mol. The Balaban J connectivity index is 2.50. The van der Waals surface area contributed by atoms with Gasteiger partial charge in [0, 0.05) is 12.6 Å². The third kappa shape index (κ3) is 3.37. The van der Waals surface area contributed by atoms with Crippen molar-refractivity contribution in [2.45, 2.75) is 37.8 Å². The molecule has 1 fully saturated rings. The highest BCUT2D eigenvalue weighted by Crippen LogP contribution is 2.27. The SMILES string of the molecule is C=CCC(N)C(=O)N(CCC#N)C1CC1. The van der Waals surface area contributed by atoms with Gasteiger partial charge in [0.25, 0.3) is 0 Å². The van der Waals surface area contributed by atoms with Crippen LogP contribution in [0.3, 0.4) is 0 Å². The first-order valence-electron chi connectivity index (χ1n) is 5.24. The summed E-state index contributed by atoms with van der Waals surface area (Å²) in [6, 6.07) is 1.87. The summed E-state index contributed by atoms with van der Waals surface area (Å²) in [6.45, 7) is 4.07. The second-order valence-corrected chi connectivity index (χ2v) is 3.80. The third-order valence-electron chi connectivity index (χ3n) is 2.47. The van der Waals surface area contributed by atoms with Gasteiger partial charge < -0.3 is 10.6 Å². The van der Waals surface area contributed by atoms with Crippen molar-refractivity contribution in [3.05, 3.63) is 12.7 Å². The summed E-state index contributed by atoms with van der Waals surface area (Å²) in [6.07, 6.45) is 4.60. The monoisotopic (exact) mass is 207 g/mol. The van der Waals surface area contributed by atoms with Crippen LogP contribution in [0.4, 0.5) is 0 Å². The Morgan fingerprint density at radius 1 is 1.73 bits per heavy atom. The summed E-state index contributed by atoms with van der Waals surface area (Å²) >= 11 is 0. The molecule has 2 N–H and O–H groups in total. The molecule has 0 saturated heterocycles. The van der Waals surface area contributed by atoms with Crippen molar-refractivity contribution in [3.8, 4) is 6.07 Å². The van der Waals surface area contributed by atoms with Gasteiger partial charge in [-0.25, -0.2) is 0 Å². The zero-order valence-corrected chi connectivity index (χ0v) is 8.85. The van der Waals surface area contributed by atoms with E-state index in [1.807, 2.05) is 0 Å². The van der Waals surface area contributed by atoms with E-state index >= 15 is 0 Å². The van der Waals surface area contributed by atoms with Gasteiger partial charge in [-0.15, -0.1) is 6.58 Å². The first kappa shape index (κ1) is 11.7. The van der Waals surface area contributed by atoms with E-state index in [1.54, 1.807) is 11.0 Å². The fraction of sp³-hybridized carbons (Fsp3) is 0.636. The quantitative estimate of drug-likeness (QED) is 0.655. The van der Waals surface area contributed by atoms with E-state index in [2.05, 4.69) is 12.6 Å². The molecule has 4 heteroatoms. The Kier molecular flexibility index (Phi) is 4.32. The van der Waals surface area contributed by atoms with Crippen LogP contribution in [0.2, 0.25) is 0 Å². The van der Waals surface area contributed by atoms with E-state index in [9.17, 15) is 4.79 Å². The average Bonchev–Trinajstić information content (AvgIpc) is 3.02. The van der Waals surface area contributed by atoms with Crippen molar-refractivity contribution in [2.75, 3.05) is 6.54 Å². The van der Waals surface area contributed by atoms with Crippen LogP contribution in [0.5, 0.6) is 0 Å². The fourth-order valence-electron chi connectivity index (χ4n) is 1.52. The smallest absolute Gasteiger partial charge is 0.240 e. The van der Waals surface area contributed by atoms with Crippen LogP contribution < -0.4 is 5.73 Å². The summed E-state index contributed by atoms with van der Waals surface area (Å²) in [5.41, 5.74) is 5.72. The van der Waals surface area contributed by atoms with Crippen molar-refractivity contribution in [3.63, 3.8) is 0 Å². The number of nitrogens with two attached hydrogens (primary N) is 1. The van der Waals surface area contributed by atoms with E-state index in [4.69, 9.17) is 11.0 Å². The molecule has 0 aromatic carbocycles. The minimum absolute atomic E-state index is 0.0485. The predicted octanol–water partition coefficient (Wildman–Crippen LogP) is 0.794. The van der Waals surface area contributed by atoms with Crippen molar-refractivity contribution in [1.29, 1.82) is 5.26 Å². The van der Waals surface area contributed by atoms with Crippen LogP contribution >= 0.6 is 0 Å². The lowest BCUT2D eigenvalue weighted by molar-refractivity contribution is -0.133. The normalized spacial score (nSPS) is 16.5. The summed E-state index contributed by atoms with van der Waals surface area (Å²) in [4.78, 5) is 13.6. The molecule has 1 atom stereocenters. The van der Waals surface area contributed by atoms with Gasteiger partial charge in [0.15, 0.2) is 0 Å². The Hall–Kier alpha value is -1.34. The molecule has 1 rings (SSSR count). The summed E-state index contributed by atoms with van der Waals surface area (Å²) in [5.74, 6) is -0.0485.